The van der Waals surface area contributed by atoms with E-state index in [1.54, 1.807) is 24.5 Å². The Hall–Kier alpha value is -3.88. The van der Waals surface area contributed by atoms with Gasteiger partial charge in [0.2, 0.25) is 0 Å². The highest BCUT2D eigenvalue weighted by Crippen LogP contribution is 2.41. The Kier molecular flexibility index (Phi) is 5.12. The van der Waals surface area contributed by atoms with E-state index in [9.17, 15) is 27.6 Å². The van der Waals surface area contributed by atoms with Gasteiger partial charge in [0, 0.05) is 22.6 Å². The minimum atomic E-state index is -4.50. The molecule has 3 aromatic rings. The van der Waals surface area contributed by atoms with Gasteiger partial charge in [0.05, 0.1) is 12.1 Å². The standard InChI is InChI=1S/C26H22F3N3O3/c1-15-12-20(16(2)32(15)19-8-5-7-18(13-19)26(27,28)29)22(33)14-31-23(34)25(30-24(31)35)11-10-17-6-3-4-9-21(17)25/h3-9,12-13H,10-11,14H2,1-2H3,(H,30,35)/t25-/m1/s1. The Morgan fingerprint density at radius 1 is 1.06 bits per heavy atom. The lowest BCUT2D eigenvalue weighted by atomic mass is 9.92. The Balaban J connectivity index is 1.43. The number of carbonyl (C=O) groups excluding carboxylic acids is 3. The van der Waals surface area contributed by atoms with Gasteiger partial charge < -0.3 is 9.88 Å². The van der Waals surface area contributed by atoms with Crippen LogP contribution in [0.3, 0.4) is 0 Å². The molecule has 35 heavy (non-hydrogen) atoms. The first-order valence-electron chi connectivity index (χ1n) is 11.2. The van der Waals surface area contributed by atoms with Crippen LogP contribution in [0, 0.1) is 13.8 Å². The molecular formula is C26H22F3N3O3. The number of aryl methyl sites for hydroxylation is 2. The van der Waals surface area contributed by atoms with Gasteiger partial charge in [0.15, 0.2) is 5.78 Å². The van der Waals surface area contributed by atoms with Gasteiger partial charge in [0.25, 0.3) is 5.91 Å². The number of hydrogen-bond donors (Lipinski definition) is 1. The molecule has 0 radical (unpaired) electrons. The molecule has 2 aliphatic rings. The quantitative estimate of drug-likeness (QED) is 0.434. The van der Waals surface area contributed by atoms with Crippen LogP contribution < -0.4 is 5.32 Å². The minimum Gasteiger partial charge on any atom is -0.319 e. The number of carbonyl (C=O) groups is 3. The molecule has 2 heterocycles. The van der Waals surface area contributed by atoms with Crippen LogP contribution in [0.15, 0.2) is 54.6 Å². The largest absolute Gasteiger partial charge is 0.416 e. The summed E-state index contributed by atoms with van der Waals surface area (Å²) in [5.74, 6) is -0.935. The van der Waals surface area contributed by atoms with Crippen LogP contribution in [-0.2, 0) is 22.9 Å². The Morgan fingerprint density at radius 3 is 2.54 bits per heavy atom. The molecule has 1 N–H and O–H groups in total. The summed E-state index contributed by atoms with van der Waals surface area (Å²) in [6, 6.07) is 13.2. The van der Waals surface area contributed by atoms with Crippen molar-refractivity contribution in [3.8, 4) is 5.69 Å². The molecule has 1 aliphatic carbocycles. The summed E-state index contributed by atoms with van der Waals surface area (Å²) in [6.45, 7) is 2.85. The summed E-state index contributed by atoms with van der Waals surface area (Å²) < 4.78 is 41.2. The van der Waals surface area contributed by atoms with E-state index >= 15 is 0 Å². The molecule has 1 aromatic heterocycles. The molecule has 3 amide bonds. The Morgan fingerprint density at radius 2 is 1.80 bits per heavy atom. The van der Waals surface area contributed by atoms with Crippen molar-refractivity contribution in [3.05, 3.63) is 88.2 Å². The maximum atomic E-state index is 13.4. The zero-order valence-electron chi connectivity index (χ0n) is 19.1. The van der Waals surface area contributed by atoms with Crippen molar-refractivity contribution in [1.29, 1.82) is 0 Å². The van der Waals surface area contributed by atoms with Gasteiger partial charge in [-0.25, -0.2) is 4.79 Å². The molecule has 1 saturated heterocycles. The number of imide groups is 1. The monoisotopic (exact) mass is 481 g/mol. The molecule has 9 heteroatoms. The van der Waals surface area contributed by atoms with E-state index in [2.05, 4.69) is 5.32 Å². The van der Waals surface area contributed by atoms with Gasteiger partial charge in [-0.1, -0.05) is 30.3 Å². The highest BCUT2D eigenvalue weighted by Gasteiger charge is 2.55. The van der Waals surface area contributed by atoms with E-state index in [0.29, 0.717) is 24.2 Å². The smallest absolute Gasteiger partial charge is 0.319 e. The number of halogens is 3. The number of nitrogens with one attached hydrogen (secondary N) is 1. The first-order chi connectivity index (χ1) is 16.5. The summed E-state index contributed by atoms with van der Waals surface area (Å²) in [6.07, 6.45) is -3.43. The number of aromatic nitrogens is 1. The molecular weight excluding hydrogens is 459 g/mol. The first kappa shape index (κ1) is 22.9. The maximum absolute atomic E-state index is 13.4. The van der Waals surface area contributed by atoms with E-state index in [1.807, 2.05) is 24.3 Å². The second-order valence-corrected chi connectivity index (χ2v) is 8.98. The van der Waals surface area contributed by atoms with E-state index < -0.39 is 41.5 Å². The fraction of sp³-hybridized carbons (Fsp3) is 0.269. The number of hydrogen-bond acceptors (Lipinski definition) is 3. The second-order valence-electron chi connectivity index (χ2n) is 8.98. The lowest BCUT2D eigenvalue weighted by molar-refractivity contribution is -0.137. The fourth-order valence-corrected chi connectivity index (χ4v) is 5.23. The molecule has 1 spiro atoms. The van der Waals surface area contributed by atoms with Crippen LogP contribution in [0.1, 0.15) is 44.9 Å². The van der Waals surface area contributed by atoms with Crippen molar-refractivity contribution in [2.75, 3.05) is 6.54 Å². The third kappa shape index (κ3) is 3.53. The molecule has 0 unspecified atom stereocenters. The zero-order chi connectivity index (χ0) is 25.1. The number of amides is 3. The normalized spacial score (nSPS) is 19.4. The third-order valence-corrected chi connectivity index (χ3v) is 6.89. The summed E-state index contributed by atoms with van der Waals surface area (Å²) in [4.78, 5) is 40.3. The molecule has 0 bridgehead atoms. The van der Waals surface area contributed by atoms with E-state index in [-0.39, 0.29) is 11.3 Å². The summed E-state index contributed by atoms with van der Waals surface area (Å²) >= 11 is 0. The number of rotatable bonds is 4. The Bertz CT molecular complexity index is 1390. The van der Waals surface area contributed by atoms with Crippen LogP contribution in [-0.4, -0.2) is 33.7 Å². The third-order valence-electron chi connectivity index (χ3n) is 6.89. The molecule has 2 aromatic carbocycles. The average molecular weight is 481 g/mol. The number of alkyl halides is 3. The average Bonchev–Trinajstić information content (AvgIpc) is 3.41. The molecule has 1 atom stereocenters. The van der Waals surface area contributed by atoms with Gasteiger partial charge in [-0.05, 0) is 62.1 Å². The zero-order valence-corrected chi connectivity index (χ0v) is 19.1. The number of benzene rings is 2. The van der Waals surface area contributed by atoms with Crippen molar-refractivity contribution < 1.29 is 27.6 Å². The number of nitrogens with zero attached hydrogens (tertiary/aromatic N) is 2. The van der Waals surface area contributed by atoms with Crippen LogP contribution >= 0.6 is 0 Å². The van der Waals surface area contributed by atoms with Gasteiger partial charge in [-0.2, -0.15) is 13.2 Å². The predicted octanol–water partition coefficient (Wildman–Crippen LogP) is 4.69. The van der Waals surface area contributed by atoms with Gasteiger partial charge >= 0.3 is 12.2 Å². The summed E-state index contributed by atoms with van der Waals surface area (Å²) in [5.41, 5.74) is 1.27. The van der Waals surface area contributed by atoms with Crippen molar-refractivity contribution in [3.63, 3.8) is 0 Å². The number of ketones is 1. The van der Waals surface area contributed by atoms with Crippen molar-refractivity contribution in [1.82, 2.24) is 14.8 Å². The molecule has 6 nitrogen and oxygen atoms in total. The summed E-state index contributed by atoms with van der Waals surface area (Å²) in [7, 11) is 0. The van der Waals surface area contributed by atoms with Crippen LogP contribution in [0.2, 0.25) is 0 Å². The van der Waals surface area contributed by atoms with E-state index in [0.717, 1.165) is 28.2 Å². The minimum absolute atomic E-state index is 0.244. The van der Waals surface area contributed by atoms with Crippen LogP contribution in [0.4, 0.5) is 18.0 Å². The number of urea groups is 1. The highest BCUT2D eigenvalue weighted by atomic mass is 19.4. The van der Waals surface area contributed by atoms with Crippen molar-refractivity contribution in [2.24, 2.45) is 0 Å². The maximum Gasteiger partial charge on any atom is 0.416 e. The SMILES string of the molecule is Cc1cc(C(=O)CN2C(=O)N[C@@]3(CCc4ccccc43)C2=O)c(C)n1-c1cccc(C(F)(F)F)c1. The first-order valence-corrected chi connectivity index (χ1v) is 11.2. The molecule has 0 saturated carbocycles. The fourth-order valence-electron chi connectivity index (χ4n) is 5.23. The highest BCUT2D eigenvalue weighted by molar-refractivity contribution is 6.12. The lowest BCUT2D eigenvalue weighted by Gasteiger charge is -2.22. The molecule has 1 aliphatic heterocycles. The number of fused-ring (bicyclic) bond motifs is 2. The van der Waals surface area contributed by atoms with Gasteiger partial charge in [-0.15, -0.1) is 0 Å². The van der Waals surface area contributed by atoms with E-state index in [4.69, 9.17) is 0 Å². The van der Waals surface area contributed by atoms with Crippen molar-refractivity contribution in [2.45, 2.75) is 38.4 Å². The van der Waals surface area contributed by atoms with Crippen molar-refractivity contribution >= 4 is 17.7 Å². The topological polar surface area (TPSA) is 71.4 Å². The Labute approximate surface area is 199 Å². The summed E-state index contributed by atoms with van der Waals surface area (Å²) in [5, 5.41) is 2.79. The van der Waals surface area contributed by atoms with Gasteiger partial charge in [-0.3, -0.25) is 14.5 Å². The second kappa shape index (κ2) is 7.83. The molecule has 1 fully saturated rings. The molecule has 180 valence electrons. The van der Waals surface area contributed by atoms with Gasteiger partial charge in [0.1, 0.15) is 5.54 Å². The lowest BCUT2D eigenvalue weighted by Crippen LogP contribution is -2.42. The van der Waals surface area contributed by atoms with E-state index in [1.165, 1.54) is 12.1 Å². The predicted molar refractivity (Wildman–Crippen MR) is 121 cm³/mol. The molecule has 5 rings (SSSR count). The van der Waals surface area contributed by atoms with Crippen LogP contribution in [0.5, 0.6) is 0 Å². The van der Waals surface area contributed by atoms with Crippen LogP contribution in [0.25, 0.3) is 5.69 Å². The number of Topliss-reactive ketones (excluding diaryl/α,β-unsaturated/α-hetero) is 1.